The number of nitrogens with zero attached hydrogens (tertiary/aromatic N) is 4. The number of aryl methyl sites for hydroxylation is 1. The predicted octanol–water partition coefficient (Wildman–Crippen LogP) is 5.81. The quantitative estimate of drug-likeness (QED) is 0.156. The lowest BCUT2D eigenvalue weighted by Crippen LogP contribution is -2.21. The van der Waals surface area contributed by atoms with E-state index in [1.807, 2.05) is 43.3 Å². The first-order chi connectivity index (χ1) is 16.2. The molecule has 3 aromatic heterocycles. The molecule has 0 aliphatic heterocycles. The second-order valence-electron chi connectivity index (χ2n) is 7.22. The molecule has 0 aliphatic rings. The Balaban J connectivity index is 1.67. The second-order valence-corrected chi connectivity index (χ2v) is 8.59. The molecule has 0 aliphatic carbocycles. The number of nitrogens with one attached hydrogen (secondary N) is 1. The fourth-order valence-electron chi connectivity index (χ4n) is 3.07. The second kappa shape index (κ2) is 9.86. The summed E-state index contributed by atoms with van der Waals surface area (Å²) < 4.78 is 39.9. The number of aromatic nitrogens is 3. The molecule has 0 bridgehead atoms. The van der Waals surface area contributed by atoms with Gasteiger partial charge in [0.1, 0.15) is 10.7 Å². The van der Waals surface area contributed by atoms with Gasteiger partial charge in [-0.05, 0) is 30.2 Å². The van der Waals surface area contributed by atoms with Crippen LogP contribution >= 0.6 is 23.4 Å². The molecule has 3 heterocycles. The number of pyridine rings is 2. The smallest absolute Gasteiger partial charge is 0.268 e. The van der Waals surface area contributed by atoms with E-state index in [9.17, 15) is 18.0 Å². The van der Waals surface area contributed by atoms with E-state index in [1.54, 1.807) is 12.3 Å². The van der Waals surface area contributed by atoms with Crippen molar-refractivity contribution in [3.05, 3.63) is 98.6 Å². The number of benzene rings is 1. The van der Waals surface area contributed by atoms with Gasteiger partial charge in [0.2, 0.25) is 0 Å². The van der Waals surface area contributed by atoms with Crippen molar-refractivity contribution in [2.24, 2.45) is 5.10 Å². The third-order valence-corrected chi connectivity index (χ3v) is 6.15. The lowest BCUT2D eigenvalue weighted by Gasteiger charge is -2.10. The Morgan fingerprint density at radius 2 is 1.97 bits per heavy atom. The van der Waals surface area contributed by atoms with Crippen LogP contribution < -0.4 is 11.0 Å². The fourth-order valence-corrected chi connectivity index (χ4v) is 4.22. The van der Waals surface area contributed by atoms with Gasteiger partial charge >= 0.3 is 6.18 Å². The molecule has 0 saturated carbocycles. The standard InChI is InChI=1S/C23H17ClF3N5OS/c1-14-6-5-9-32-20(14)30-21(34-13-15-7-3-2-4-8-15)17(22(32)33)12-29-31-19-18(24)10-16(11-28-19)23(25,26)27/h2-12H,13H2,1H3,(H,28,31)/b29-12-. The monoisotopic (exact) mass is 503 g/mol. The SMILES string of the molecule is Cc1cccn2c(=O)c(/C=N\Nc3ncc(C(F)(F)F)cc3Cl)c(SCc3ccccc3)nc12. The van der Waals surface area contributed by atoms with Crippen molar-refractivity contribution in [1.82, 2.24) is 14.4 Å². The van der Waals surface area contributed by atoms with Gasteiger partial charge in [-0.25, -0.2) is 9.97 Å². The molecule has 6 nitrogen and oxygen atoms in total. The van der Waals surface area contributed by atoms with Crippen molar-refractivity contribution in [2.75, 3.05) is 5.43 Å². The van der Waals surface area contributed by atoms with Crippen LogP contribution in [0.25, 0.3) is 5.65 Å². The Morgan fingerprint density at radius 3 is 2.68 bits per heavy atom. The summed E-state index contributed by atoms with van der Waals surface area (Å²) in [5.74, 6) is 0.504. The molecule has 174 valence electrons. The number of hydrazone groups is 1. The number of hydrogen-bond acceptors (Lipinski definition) is 6. The molecule has 0 spiro atoms. The minimum Gasteiger partial charge on any atom is -0.268 e. The minimum atomic E-state index is -4.56. The highest BCUT2D eigenvalue weighted by molar-refractivity contribution is 7.98. The Hall–Kier alpha value is -3.37. The summed E-state index contributed by atoms with van der Waals surface area (Å²) in [4.78, 5) is 21.6. The number of halogens is 4. The van der Waals surface area contributed by atoms with Crippen LogP contribution in [0.4, 0.5) is 19.0 Å². The van der Waals surface area contributed by atoms with E-state index < -0.39 is 11.7 Å². The topological polar surface area (TPSA) is 71.7 Å². The predicted molar refractivity (Wildman–Crippen MR) is 128 cm³/mol. The molecule has 1 aromatic carbocycles. The molecule has 0 fully saturated rings. The van der Waals surface area contributed by atoms with Crippen LogP contribution in [-0.4, -0.2) is 20.6 Å². The van der Waals surface area contributed by atoms with Crippen molar-refractivity contribution in [1.29, 1.82) is 0 Å². The number of rotatable bonds is 6. The van der Waals surface area contributed by atoms with Crippen LogP contribution in [0.3, 0.4) is 0 Å². The van der Waals surface area contributed by atoms with Crippen molar-refractivity contribution in [2.45, 2.75) is 23.9 Å². The first kappa shape index (κ1) is 23.8. The van der Waals surface area contributed by atoms with Gasteiger partial charge < -0.3 is 0 Å². The van der Waals surface area contributed by atoms with Crippen molar-refractivity contribution in [3.63, 3.8) is 0 Å². The summed E-state index contributed by atoms with van der Waals surface area (Å²) in [7, 11) is 0. The van der Waals surface area contributed by atoms with Crippen LogP contribution in [0.5, 0.6) is 0 Å². The average molecular weight is 504 g/mol. The maximum absolute atomic E-state index is 13.2. The van der Waals surface area contributed by atoms with Crippen LogP contribution in [0.2, 0.25) is 5.02 Å². The summed E-state index contributed by atoms with van der Waals surface area (Å²) in [5.41, 5.74) is 3.84. The molecular formula is C23H17ClF3N5OS. The third-order valence-electron chi connectivity index (χ3n) is 4.80. The van der Waals surface area contributed by atoms with Gasteiger partial charge in [0.25, 0.3) is 5.56 Å². The first-order valence-electron chi connectivity index (χ1n) is 9.94. The number of hydrogen-bond donors (Lipinski definition) is 1. The first-order valence-corrected chi connectivity index (χ1v) is 11.3. The number of alkyl halides is 3. The van der Waals surface area contributed by atoms with Gasteiger partial charge in [0.05, 0.1) is 22.4 Å². The van der Waals surface area contributed by atoms with Crippen LogP contribution in [-0.2, 0) is 11.9 Å². The molecule has 0 amide bonds. The zero-order chi connectivity index (χ0) is 24.3. The van der Waals surface area contributed by atoms with E-state index in [0.29, 0.717) is 22.6 Å². The normalized spacial score (nSPS) is 11.9. The highest BCUT2D eigenvalue weighted by Crippen LogP contribution is 2.32. The van der Waals surface area contributed by atoms with Gasteiger partial charge in [-0.1, -0.05) is 48.0 Å². The Labute approximate surface area is 201 Å². The molecular weight excluding hydrogens is 487 g/mol. The maximum Gasteiger partial charge on any atom is 0.417 e. The molecule has 0 radical (unpaired) electrons. The zero-order valence-electron chi connectivity index (χ0n) is 17.7. The molecule has 4 rings (SSSR count). The van der Waals surface area contributed by atoms with Gasteiger partial charge in [-0.15, -0.1) is 11.8 Å². The lowest BCUT2D eigenvalue weighted by molar-refractivity contribution is -0.137. The van der Waals surface area contributed by atoms with E-state index in [-0.39, 0.29) is 22.0 Å². The molecule has 0 unspecified atom stereocenters. The summed E-state index contributed by atoms with van der Waals surface area (Å²) in [6, 6.07) is 14.1. The van der Waals surface area contributed by atoms with E-state index >= 15 is 0 Å². The van der Waals surface area contributed by atoms with Gasteiger partial charge in [-0.2, -0.15) is 18.3 Å². The Kier molecular flexibility index (Phi) is 6.90. The highest BCUT2D eigenvalue weighted by Gasteiger charge is 2.31. The molecule has 11 heteroatoms. The van der Waals surface area contributed by atoms with E-state index in [2.05, 4.69) is 20.5 Å². The molecule has 1 N–H and O–H groups in total. The maximum atomic E-state index is 13.2. The lowest BCUT2D eigenvalue weighted by atomic mass is 10.2. The highest BCUT2D eigenvalue weighted by atomic mass is 35.5. The summed E-state index contributed by atoms with van der Waals surface area (Å²) >= 11 is 7.29. The average Bonchev–Trinajstić information content (AvgIpc) is 2.81. The Bertz CT molecular complexity index is 1420. The van der Waals surface area contributed by atoms with Gasteiger partial charge in [-0.3, -0.25) is 14.6 Å². The number of anilines is 1. The number of thioether (sulfide) groups is 1. The van der Waals surface area contributed by atoms with Crippen molar-refractivity contribution >= 4 is 41.0 Å². The van der Waals surface area contributed by atoms with E-state index in [0.717, 1.165) is 17.2 Å². The van der Waals surface area contributed by atoms with Crippen molar-refractivity contribution < 1.29 is 13.2 Å². The molecule has 34 heavy (non-hydrogen) atoms. The minimum absolute atomic E-state index is 0.0749. The van der Waals surface area contributed by atoms with Gasteiger partial charge in [0, 0.05) is 18.1 Å². The summed E-state index contributed by atoms with van der Waals surface area (Å²) in [5, 5.41) is 4.22. The van der Waals surface area contributed by atoms with Gasteiger partial charge in [0.15, 0.2) is 5.82 Å². The van der Waals surface area contributed by atoms with Crippen LogP contribution in [0.1, 0.15) is 22.3 Å². The Morgan fingerprint density at radius 1 is 1.21 bits per heavy atom. The fraction of sp³-hybridized carbons (Fsp3) is 0.130. The summed E-state index contributed by atoms with van der Waals surface area (Å²) in [6.45, 7) is 1.86. The van der Waals surface area contributed by atoms with E-state index in [1.165, 1.54) is 22.4 Å². The van der Waals surface area contributed by atoms with Crippen LogP contribution in [0, 0.1) is 6.92 Å². The molecule has 0 atom stereocenters. The molecule has 4 aromatic rings. The summed E-state index contributed by atoms with van der Waals surface area (Å²) in [6.07, 6.45) is -1.03. The largest absolute Gasteiger partial charge is 0.417 e. The van der Waals surface area contributed by atoms with Crippen LogP contribution in [0.15, 0.2) is 75.8 Å². The van der Waals surface area contributed by atoms with E-state index in [4.69, 9.17) is 11.6 Å². The third kappa shape index (κ3) is 5.23. The van der Waals surface area contributed by atoms with Crippen molar-refractivity contribution in [3.8, 4) is 0 Å². The zero-order valence-corrected chi connectivity index (χ0v) is 19.2. The number of fused-ring (bicyclic) bond motifs is 1. The molecule has 0 saturated heterocycles.